The van der Waals surface area contributed by atoms with Gasteiger partial charge in [-0.2, -0.15) is 0 Å². The van der Waals surface area contributed by atoms with Crippen molar-refractivity contribution in [2.45, 2.75) is 6.54 Å². The van der Waals surface area contributed by atoms with E-state index >= 15 is 0 Å². The molecule has 0 saturated heterocycles. The molecule has 1 aromatic heterocycles. The molecule has 0 unspecified atom stereocenters. The van der Waals surface area contributed by atoms with Gasteiger partial charge in [0.05, 0.1) is 0 Å². The van der Waals surface area contributed by atoms with E-state index in [4.69, 9.17) is 27.9 Å². The van der Waals surface area contributed by atoms with Crippen LogP contribution in [0.15, 0.2) is 104 Å². The smallest absolute Gasteiger partial charge is 0.142 e. The summed E-state index contributed by atoms with van der Waals surface area (Å²) in [6.45, 7) is 7.58. The van der Waals surface area contributed by atoms with E-state index in [2.05, 4.69) is 66.4 Å². The average molecular weight is 432 g/mol. The topological polar surface area (TPSA) is 74.0 Å². The molecule has 0 spiro atoms. The fourth-order valence-electron chi connectivity index (χ4n) is 2.76. The third-order valence-electron chi connectivity index (χ3n) is 4.32. The lowest BCUT2D eigenvalue weighted by atomic mass is 10.2. The SMILES string of the molecule is C=C(N)c1ccc(N)cc1.C=CC=O.Clc1ccc(Cn2ccc3ccccc32)cc1. The molecular formula is C26H26ClN3O. The standard InChI is InChI=1S/C15H12ClN.C8H10N2.C3H4O/c16-14-7-5-12(6-8-14)11-17-10-9-13-3-1-2-4-15(13)17;1-6(9)7-2-4-8(10)5-3-7;1-2-3-4/h1-10H,11H2;2-5H,1,9-10H2;2-3H,1H2. The number of halogens is 1. The molecule has 4 aromatic rings. The van der Waals surface area contributed by atoms with E-state index in [9.17, 15) is 0 Å². The number of aldehydes is 1. The van der Waals surface area contributed by atoms with Crippen LogP contribution < -0.4 is 11.5 Å². The van der Waals surface area contributed by atoms with Crippen LogP contribution in [0.4, 0.5) is 5.69 Å². The molecule has 0 aliphatic carbocycles. The Hall–Kier alpha value is -3.76. The van der Waals surface area contributed by atoms with Crippen LogP contribution in [0.3, 0.4) is 0 Å². The van der Waals surface area contributed by atoms with Crippen molar-refractivity contribution in [3.8, 4) is 0 Å². The van der Waals surface area contributed by atoms with E-state index in [1.54, 1.807) is 12.1 Å². The molecule has 0 fully saturated rings. The van der Waals surface area contributed by atoms with Crippen LogP contribution in [-0.2, 0) is 11.3 Å². The first-order valence-electron chi connectivity index (χ1n) is 9.59. The Bertz CT molecular complexity index is 1120. The number of nitrogens with zero attached hydrogens (tertiary/aromatic N) is 1. The molecule has 1 heterocycles. The summed E-state index contributed by atoms with van der Waals surface area (Å²) in [5, 5.41) is 2.06. The van der Waals surface area contributed by atoms with E-state index in [1.807, 2.05) is 24.3 Å². The zero-order valence-electron chi connectivity index (χ0n) is 17.2. The molecule has 31 heavy (non-hydrogen) atoms. The lowest BCUT2D eigenvalue weighted by molar-refractivity contribution is -0.104. The summed E-state index contributed by atoms with van der Waals surface area (Å²) in [6, 6.07) is 25.8. The zero-order valence-corrected chi connectivity index (χ0v) is 18.0. The van der Waals surface area contributed by atoms with Gasteiger partial charge in [-0.1, -0.05) is 67.2 Å². The summed E-state index contributed by atoms with van der Waals surface area (Å²) in [5.74, 6) is 0. The molecule has 4 rings (SSSR count). The largest absolute Gasteiger partial charge is 0.399 e. The van der Waals surface area contributed by atoms with Crippen molar-refractivity contribution >= 4 is 40.2 Å². The van der Waals surface area contributed by atoms with Crippen molar-refractivity contribution in [2.24, 2.45) is 5.73 Å². The normalized spacial score (nSPS) is 9.58. The lowest BCUT2D eigenvalue weighted by Crippen LogP contribution is -1.97. The van der Waals surface area contributed by atoms with Gasteiger partial charge in [-0.3, -0.25) is 4.79 Å². The average Bonchev–Trinajstić information content (AvgIpc) is 3.19. The number of nitrogens with two attached hydrogens (primary N) is 2. The van der Waals surface area contributed by atoms with Crippen LogP contribution in [0, 0.1) is 0 Å². The molecule has 3 aromatic carbocycles. The molecule has 0 aliphatic heterocycles. The van der Waals surface area contributed by atoms with Crippen LogP contribution in [0.2, 0.25) is 5.02 Å². The number of anilines is 1. The van der Waals surface area contributed by atoms with Gasteiger partial charge in [0, 0.05) is 34.7 Å². The first kappa shape index (κ1) is 23.5. The van der Waals surface area contributed by atoms with E-state index < -0.39 is 0 Å². The lowest BCUT2D eigenvalue weighted by Gasteiger charge is -2.05. The molecule has 0 atom stereocenters. The van der Waals surface area contributed by atoms with Crippen LogP contribution in [0.1, 0.15) is 11.1 Å². The Morgan fingerprint density at radius 2 is 1.58 bits per heavy atom. The summed E-state index contributed by atoms with van der Waals surface area (Å²) in [5.41, 5.74) is 15.6. The van der Waals surface area contributed by atoms with Crippen molar-refractivity contribution in [1.29, 1.82) is 0 Å². The third-order valence-corrected chi connectivity index (χ3v) is 4.58. The molecule has 5 heteroatoms. The number of fused-ring (bicyclic) bond motifs is 1. The van der Waals surface area contributed by atoms with Gasteiger partial charge in [0.25, 0.3) is 0 Å². The maximum absolute atomic E-state index is 9.06. The number of aromatic nitrogens is 1. The van der Waals surface area contributed by atoms with Gasteiger partial charge >= 0.3 is 0 Å². The van der Waals surface area contributed by atoms with E-state index in [0.29, 0.717) is 12.0 Å². The number of allylic oxidation sites excluding steroid dienone is 1. The maximum Gasteiger partial charge on any atom is 0.142 e. The van der Waals surface area contributed by atoms with Gasteiger partial charge in [0.2, 0.25) is 0 Å². The number of hydrogen-bond donors (Lipinski definition) is 2. The highest BCUT2D eigenvalue weighted by molar-refractivity contribution is 6.30. The zero-order chi connectivity index (χ0) is 22.6. The van der Waals surface area contributed by atoms with Gasteiger partial charge in [0.1, 0.15) is 6.29 Å². The molecule has 4 N–H and O–H groups in total. The summed E-state index contributed by atoms with van der Waals surface area (Å²) >= 11 is 5.88. The van der Waals surface area contributed by atoms with E-state index in [1.165, 1.54) is 22.5 Å². The molecule has 0 radical (unpaired) electrons. The maximum atomic E-state index is 9.06. The van der Waals surface area contributed by atoms with E-state index in [-0.39, 0.29) is 0 Å². The van der Waals surface area contributed by atoms with Crippen LogP contribution in [0.25, 0.3) is 16.6 Å². The Balaban J connectivity index is 0.000000207. The Morgan fingerprint density at radius 1 is 0.968 bits per heavy atom. The van der Waals surface area contributed by atoms with Crippen molar-refractivity contribution < 1.29 is 4.79 Å². The van der Waals surface area contributed by atoms with Gasteiger partial charge in [-0.15, -0.1) is 0 Å². The monoisotopic (exact) mass is 431 g/mol. The summed E-state index contributed by atoms with van der Waals surface area (Å²) in [4.78, 5) is 9.06. The number of para-hydroxylation sites is 1. The van der Waals surface area contributed by atoms with Gasteiger partial charge in [0.15, 0.2) is 0 Å². The quantitative estimate of drug-likeness (QED) is 0.239. The van der Waals surface area contributed by atoms with Crippen molar-refractivity contribution in [1.82, 2.24) is 4.57 Å². The number of nitrogen functional groups attached to an aromatic ring is 1. The number of rotatable bonds is 4. The second-order valence-electron chi connectivity index (χ2n) is 6.65. The number of carbonyl (C=O) groups is 1. The molecule has 0 bridgehead atoms. The Morgan fingerprint density at radius 3 is 2.16 bits per heavy atom. The first-order chi connectivity index (χ1) is 14.9. The third kappa shape index (κ3) is 7.53. The summed E-state index contributed by atoms with van der Waals surface area (Å²) in [7, 11) is 0. The first-order valence-corrected chi connectivity index (χ1v) is 9.97. The van der Waals surface area contributed by atoms with Gasteiger partial charge in [-0.25, -0.2) is 0 Å². The second-order valence-corrected chi connectivity index (χ2v) is 7.08. The second kappa shape index (κ2) is 12.1. The minimum absolute atomic E-state index is 0.569. The van der Waals surface area contributed by atoms with Crippen molar-refractivity contribution in [3.05, 3.63) is 120 Å². The summed E-state index contributed by atoms with van der Waals surface area (Å²) in [6.07, 6.45) is 3.96. The van der Waals surface area contributed by atoms with Crippen LogP contribution in [0.5, 0.6) is 0 Å². The summed E-state index contributed by atoms with van der Waals surface area (Å²) < 4.78 is 2.25. The molecular weight excluding hydrogens is 406 g/mol. The molecule has 4 nitrogen and oxygen atoms in total. The molecule has 0 amide bonds. The van der Waals surface area contributed by atoms with Crippen LogP contribution in [-0.4, -0.2) is 10.9 Å². The number of benzene rings is 3. The fourth-order valence-corrected chi connectivity index (χ4v) is 2.89. The Labute approximate surface area is 188 Å². The Kier molecular flexibility index (Phi) is 9.14. The minimum Gasteiger partial charge on any atom is -0.399 e. The molecule has 158 valence electrons. The van der Waals surface area contributed by atoms with Gasteiger partial charge < -0.3 is 16.0 Å². The van der Waals surface area contributed by atoms with Crippen LogP contribution >= 0.6 is 11.6 Å². The number of hydrogen-bond acceptors (Lipinski definition) is 3. The highest BCUT2D eigenvalue weighted by atomic mass is 35.5. The fraction of sp³-hybridized carbons (Fsp3) is 0.0385. The van der Waals surface area contributed by atoms with Crippen molar-refractivity contribution in [2.75, 3.05) is 5.73 Å². The van der Waals surface area contributed by atoms with E-state index in [0.717, 1.165) is 22.8 Å². The number of carbonyl (C=O) groups excluding carboxylic acids is 1. The molecule has 0 aliphatic rings. The van der Waals surface area contributed by atoms with Gasteiger partial charge in [-0.05, 0) is 59.0 Å². The highest BCUT2D eigenvalue weighted by Crippen LogP contribution is 2.17. The minimum atomic E-state index is 0.569. The molecule has 0 saturated carbocycles. The predicted octanol–water partition coefficient (Wildman–Crippen LogP) is 5.91. The predicted molar refractivity (Wildman–Crippen MR) is 133 cm³/mol. The highest BCUT2D eigenvalue weighted by Gasteiger charge is 2.00. The van der Waals surface area contributed by atoms with Crippen molar-refractivity contribution in [3.63, 3.8) is 0 Å².